The number of carboxylic acid groups (broad SMARTS) is 1. The van der Waals surface area contributed by atoms with Gasteiger partial charge in [0.1, 0.15) is 11.5 Å². The Labute approximate surface area is 135 Å². The summed E-state index contributed by atoms with van der Waals surface area (Å²) in [5.74, 6) is 0.418. The lowest BCUT2D eigenvalue weighted by Crippen LogP contribution is -2.20. The maximum Gasteiger partial charge on any atom is 0.511 e. The first-order valence-corrected chi connectivity index (χ1v) is 7.16. The molecule has 24 heavy (non-hydrogen) atoms. The SMILES string of the molecule is O=C(O)Oc1ccc2c(c1)OCC(c1cccc(C(F)(F)F)c1)C2. The van der Waals surface area contributed by atoms with Crippen molar-refractivity contribution in [3.05, 3.63) is 59.2 Å². The van der Waals surface area contributed by atoms with Crippen LogP contribution in [-0.2, 0) is 12.6 Å². The number of benzene rings is 2. The molecule has 0 saturated heterocycles. The van der Waals surface area contributed by atoms with E-state index in [0.29, 0.717) is 17.7 Å². The van der Waals surface area contributed by atoms with Gasteiger partial charge < -0.3 is 14.6 Å². The summed E-state index contributed by atoms with van der Waals surface area (Å²) >= 11 is 0. The van der Waals surface area contributed by atoms with Gasteiger partial charge in [-0.2, -0.15) is 13.2 Å². The van der Waals surface area contributed by atoms with Crippen LogP contribution in [0.1, 0.15) is 22.6 Å². The molecule has 0 spiro atoms. The fourth-order valence-corrected chi connectivity index (χ4v) is 2.70. The Bertz CT molecular complexity index is 771. The van der Waals surface area contributed by atoms with E-state index in [1.54, 1.807) is 12.1 Å². The Morgan fingerprint density at radius 2 is 2.00 bits per heavy atom. The average Bonchev–Trinajstić information content (AvgIpc) is 2.53. The highest BCUT2D eigenvalue weighted by Crippen LogP contribution is 2.37. The molecule has 1 heterocycles. The van der Waals surface area contributed by atoms with Crippen molar-refractivity contribution >= 4 is 6.16 Å². The van der Waals surface area contributed by atoms with Crippen LogP contribution in [0.15, 0.2) is 42.5 Å². The minimum Gasteiger partial charge on any atom is -0.493 e. The van der Waals surface area contributed by atoms with Gasteiger partial charge >= 0.3 is 12.3 Å². The van der Waals surface area contributed by atoms with Crippen LogP contribution in [0.2, 0.25) is 0 Å². The third-order valence-electron chi connectivity index (χ3n) is 3.84. The van der Waals surface area contributed by atoms with E-state index in [1.807, 2.05) is 0 Å². The molecule has 0 amide bonds. The van der Waals surface area contributed by atoms with Gasteiger partial charge in [-0.15, -0.1) is 0 Å². The Morgan fingerprint density at radius 3 is 2.71 bits per heavy atom. The zero-order chi connectivity index (χ0) is 17.3. The van der Waals surface area contributed by atoms with Crippen LogP contribution in [0.3, 0.4) is 0 Å². The number of alkyl halides is 3. The van der Waals surface area contributed by atoms with E-state index in [2.05, 4.69) is 4.74 Å². The van der Waals surface area contributed by atoms with E-state index in [1.165, 1.54) is 18.2 Å². The molecule has 0 saturated carbocycles. The van der Waals surface area contributed by atoms with Crippen LogP contribution >= 0.6 is 0 Å². The van der Waals surface area contributed by atoms with Crippen LogP contribution in [0.5, 0.6) is 11.5 Å². The third kappa shape index (κ3) is 3.45. The predicted molar refractivity (Wildman–Crippen MR) is 78.5 cm³/mol. The minimum atomic E-state index is -4.38. The number of rotatable bonds is 2. The maximum absolute atomic E-state index is 12.8. The molecule has 0 aliphatic carbocycles. The van der Waals surface area contributed by atoms with Gasteiger partial charge in [0.25, 0.3) is 0 Å². The fourth-order valence-electron chi connectivity index (χ4n) is 2.70. The van der Waals surface area contributed by atoms with E-state index in [4.69, 9.17) is 9.84 Å². The Balaban J connectivity index is 1.82. The fraction of sp³-hybridized carbons (Fsp3) is 0.235. The molecule has 1 aliphatic heterocycles. The highest BCUT2D eigenvalue weighted by Gasteiger charge is 2.31. The van der Waals surface area contributed by atoms with Crippen LogP contribution in [0, 0.1) is 0 Å². The van der Waals surface area contributed by atoms with Crippen LogP contribution in [-0.4, -0.2) is 17.9 Å². The number of fused-ring (bicyclic) bond motifs is 1. The van der Waals surface area contributed by atoms with Crippen molar-refractivity contribution in [1.82, 2.24) is 0 Å². The quantitative estimate of drug-likeness (QED) is 0.648. The van der Waals surface area contributed by atoms with E-state index >= 15 is 0 Å². The van der Waals surface area contributed by atoms with Crippen molar-refractivity contribution < 1.29 is 32.5 Å². The van der Waals surface area contributed by atoms with Crippen LogP contribution in [0.25, 0.3) is 0 Å². The number of halogens is 3. The molecule has 0 bridgehead atoms. The second-order valence-corrected chi connectivity index (χ2v) is 5.47. The zero-order valence-corrected chi connectivity index (χ0v) is 12.3. The van der Waals surface area contributed by atoms with Gasteiger partial charge in [0.05, 0.1) is 12.2 Å². The molecular weight excluding hydrogens is 325 g/mol. The smallest absolute Gasteiger partial charge is 0.493 e. The van der Waals surface area contributed by atoms with Gasteiger partial charge in [-0.3, -0.25) is 0 Å². The van der Waals surface area contributed by atoms with Crippen molar-refractivity contribution in [2.75, 3.05) is 6.61 Å². The van der Waals surface area contributed by atoms with Crippen LogP contribution in [0.4, 0.5) is 18.0 Å². The molecule has 1 atom stereocenters. The summed E-state index contributed by atoms with van der Waals surface area (Å²) in [7, 11) is 0. The summed E-state index contributed by atoms with van der Waals surface area (Å²) in [6.07, 6.45) is -5.30. The van der Waals surface area contributed by atoms with Gasteiger partial charge in [-0.25, -0.2) is 4.79 Å². The first-order chi connectivity index (χ1) is 11.3. The summed E-state index contributed by atoms with van der Waals surface area (Å²) < 4.78 is 48.6. The van der Waals surface area contributed by atoms with Crippen molar-refractivity contribution in [2.45, 2.75) is 18.5 Å². The Kier molecular flexibility index (Phi) is 4.09. The molecule has 0 radical (unpaired) electrons. The summed E-state index contributed by atoms with van der Waals surface area (Å²) in [4.78, 5) is 10.5. The van der Waals surface area contributed by atoms with E-state index in [9.17, 15) is 18.0 Å². The first kappa shape index (κ1) is 16.2. The number of ether oxygens (including phenoxy) is 2. The summed E-state index contributed by atoms with van der Waals surface area (Å²) in [6.45, 7) is 0.213. The van der Waals surface area contributed by atoms with Crippen LogP contribution < -0.4 is 9.47 Å². The van der Waals surface area contributed by atoms with Crippen molar-refractivity contribution in [1.29, 1.82) is 0 Å². The van der Waals surface area contributed by atoms with Gasteiger partial charge in [-0.05, 0) is 29.7 Å². The monoisotopic (exact) mass is 338 g/mol. The molecule has 1 unspecified atom stereocenters. The first-order valence-electron chi connectivity index (χ1n) is 7.16. The molecule has 7 heteroatoms. The number of hydrogen-bond acceptors (Lipinski definition) is 3. The zero-order valence-electron chi connectivity index (χ0n) is 12.3. The standard InChI is InChI=1S/C17H13F3O4/c18-17(19,20)13-3-1-2-10(7-13)12-6-11-4-5-14(24-16(21)22)8-15(11)23-9-12/h1-5,7-8,12H,6,9H2,(H,21,22). The minimum absolute atomic E-state index is 0.138. The van der Waals surface area contributed by atoms with E-state index in [0.717, 1.165) is 17.7 Å². The van der Waals surface area contributed by atoms with E-state index in [-0.39, 0.29) is 18.3 Å². The van der Waals surface area contributed by atoms with Crippen molar-refractivity contribution in [3.63, 3.8) is 0 Å². The third-order valence-corrected chi connectivity index (χ3v) is 3.84. The highest BCUT2D eigenvalue weighted by molar-refractivity contribution is 5.62. The normalized spacial score (nSPS) is 16.9. The van der Waals surface area contributed by atoms with Gasteiger partial charge in [-0.1, -0.05) is 24.3 Å². The lowest BCUT2D eigenvalue weighted by molar-refractivity contribution is -0.137. The summed E-state index contributed by atoms with van der Waals surface area (Å²) in [6, 6.07) is 9.83. The largest absolute Gasteiger partial charge is 0.511 e. The van der Waals surface area contributed by atoms with Crippen molar-refractivity contribution in [2.24, 2.45) is 0 Å². The van der Waals surface area contributed by atoms with Gasteiger partial charge in [0, 0.05) is 12.0 Å². The highest BCUT2D eigenvalue weighted by atomic mass is 19.4. The molecule has 1 N–H and O–H groups in total. The Morgan fingerprint density at radius 1 is 1.21 bits per heavy atom. The lowest BCUT2D eigenvalue weighted by atomic mass is 9.89. The number of carbonyl (C=O) groups is 1. The van der Waals surface area contributed by atoms with E-state index < -0.39 is 17.9 Å². The van der Waals surface area contributed by atoms with Gasteiger partial charge in [0.2, 0.25) is 0 Å². The molecule has 0 aromatic heterocycles. The molecule has 126 valence electrons. The average molecular weight is 338 g/mol. The van der Waals surface area contributed by atoms with Crippen molar-refractivity contribution in [3.8, 4) is 11.5 Å². The molecular formula is C17H13F3O4. The molecule has 2 aromatic rings. The molecule has 0 fully saturated rings. The van der Waals surface area contributed by atoms with Gasteiger partial charge in [0.15, 0.2) is 0 Å². The Hall–Kier alpha value is -2.70. The molecule has 4 nitrogen and oxygen atoms in total. The molecule has 3 rings (SSSR count). The predicted octanol–water partition coefficient (Wildman–Crippen LogP) is 4.48. The summed E-state index contributed by atoms with van der Waals surface area (Å²) in [5.41, 5.74) is 0.666. The molecule has 2 aromatic carbocycles. The maximum atomic E-state index is 12.8. The number of hydrogen-bond donors (Lipinski definition) is 1. The lowest BCUT2D eigenvalue weighted by Gasteiger charge is -2.26. The second-order valence-electron chi connectivity index (χ2n) is 5.47. The topological polar surface area (TPSA) is 55.8 Å². The second kappa shape index (κ2) is 6.07. The summed E-state index contributed by atoms with van der Waals surface area (Å²) in [5, 5.41) is 8.60. The molecule has 1 aliphatic rings.